The number of halogens is 1. The van der Waals surface area contributed by atoms with Gasteiger partial charge in [0, 0.05) is 16.5 Å². The van der Waals surface area contributed by atoms with E-state index in [1.165, 1.54) is 35.6 Å². The zero-order valence-corrected chi connectivity index (χ0v) is 18.3. The summed E-state index contributed by atoms with van der Waals surface area (Å²) in [5.41, 5.74) is 2.57. The molecule has 0 saturated heterocycles. The van der Waals surface area contributed by atoms with Gasteiger partial charge < -0.3 is 14.2 Å². The number of hydrogen-bond acceptors (Lipinski definition) is 6. The van der Waals surface area contributed by atoms with Crippen molar-refractivity contribution in [1.29, 1.82) is 0 Å². The highest BCUT2D eigenvalue weighted by Crippen LogP contribution is 2.39. The standard InChI is InChI=1S/C25H20FNO4S/c1-29-22-5-3-4-21(24(22)30-2)25-27-19(15-32-25)14-31-20-12-8-17(9-13-20)23(28)16-6-10-18(26)11-7-16/h3-13,15H,14H2,1-2H3. The van der Waals surface area contributed by atoms with Gasteiger partial charge in [0.15, 0.2) is 17.3 Å². The Labute approximate surface area is 189 Å². The Morgan fingerprint density at radius 3 is 2.28 bits per heavy atom. The van der Waals surface area contributed by atoms with E-state index in [0.717, 1.165) is 16.3 Å². The van der Waals surface area contributed by atoms with Crippen LogP contribution in [0.1, 0.15) is 21.6 Å². The maximum atomic E-state index is 13.1. The van der Waals surface area contributed by atoms with Crippen molar-refractivity contribution in [2.75, 3.05) is 14.2 Å². The smallest absolute Gasteiger partial charge is 0.193 e. The number of aromatic nitrogens is 1. The minimum atomic E-state index is -0.375. The van der Waals surface area contributed by atoms with Gasteiger partial charge in [-0.3, -0.25) is 4.79 Å². The average Bonchev–Trinajstić information content (AvgIpc) is 3.31. The molecule has 0 N–H and O–H groups in total. The molecule has 0 radical (unpaired) electrons. The number of methoxy groups -OCH3 is 2. The summed E-state index contributed by atoms with van der Waals surface area (Å²) in [6.07, 6.45) is 0. The largest absolute Gasteiger partial charge is 0.493 e. The highest BCUT2D eigenvalue weighted by atomic mass is 32.1. The molecule has 0 aliphatic carbocycles. The molecule has 162 valence electrons. The van der Waals surface area contributed by atoms with Crippen LogP contribution in [0.5, 0.6) is 17.2 Å². The molecule has 0 unspecified atom stereocenters. The van der Waals surface area contributed by atoms with Crippen molar-refractivity contribution >= 4 is 17.1 Å². The molecular weight excluding hydrogens is 429 g/mol. The highest BCUT2D eigenvalue weighted by molar-refractivity contribution is 7.13. The van der Waals surface area contributed by atoms with Gasteiger partial charge in [0.05, 0.1) is 25.5 Å². The molecule has 0 bridgehead atoms. The molecule has 32 heavy (non-hydrogen) atoms. The zero-order valence-electron chi connectivity index (χ0n) is 17.5. The first-order valence-electron chi connectivity index (χ1n) is 9.78. The van der Waals surface area contributed by atoms with E-state index >= 15 is 0 Å². The van der Waals surface area contributed by atoms with Gasteiger partial charge in [-0.05, 0) is 60.7 Å². The number of thiazole rings is 1. The van der Waals surface area contributed by atoms with E-state index in [-0.39, 0.29) is 18.2 Å². The van der Waals surface area contributed by atoms with Crippen LogP contribution in [0.4, 0.5) is 4.39 Å². The molecule has 0 spiro atoms. The lowest BCUT2D eigenvalue weighted by molar-refractivity contribution is 0.103. The second kappa shape index (κ2) is 9.62. The normalized spacial score (nSPS) is 10.6. The predicted molar refractivity (Wildman–Crippen MR) is 121 cm³/mol. The maximum Gasteiger partial charge on any atom is 0.193 e. The lowest BCUT2D eigenvalue weighted by atomic mass is 10.0. The van der Waals surface area contributed by atoms with Gasteiger partial charge in [0.1, 0.15) is 23.2 Å². The lowest BCUT2D eigenvalue weighted by Gasteiger charge is -2.10. The number of carbonyl (C=O) groups is 1. The van der Waals surface area contributed by atoms with Crippen molar-refractivity contribution in [3.05, 3.63) is 94.7 Å². The van der Waals surface area contributed by atoms with Crippen LogP contribution >= 0.6 is 11.3 Å². The third kappa shape index (κ3) is 4.63. The topological polar surface area (TPSA) is 57.7 Å². The summed E-state index contributed by atoms with van der Waals surface area (Å²) >= 11 is 1.49. The molecule has 5 nitrogen and oxygen atoms in total. The summed E-state index contributed by atoms with van der Waals surface area (Å²) in [5.74, 6) is 1.36. The Bertz CT molecular complexity index is 1220. The molecule has 3 aromatic carbocycles. The fourth-order valence-electron chi connectivity index (χ4n) is 3.18. The fourth-order valence-corrected chi connectivity index (χ4v) is 4.01. The Morgan fingerprint density at radius 2 is 1.62 bits per heavy atom. The highest BCUT2D eigenvalue weighted by Gasteiger charge is 2.15. The summed E-state index contributed by atoms with van der Waals surface area (Å²) in [7, 11) is 3.20. The molecular formula is C25H20FNO4S. The molecule has 0 amide bonds. The molecule has 4 aromatic rings. The van der Waals surface area contributed by atoms with E-state index in [1.54, 1.807) is 38.5 Å². The van der Waals surface area contributed by atoms with Crippen molar-refractivity contribution in [1.82, 2.24) is 4.98 Å². The van der Waals surface area contributed by atoms with E-state index in [2.05, 4.69) is 4.98 Å². The Morgan fingerprint density at radius 1 is 0.938 bits per heavy atom. The van der Waals surface area contributed by atoms with Crippen LogP contribution < -0.4 is 14.2 Å². The van der Waals surface area contributed by atoms with Gasteiger partial charge in [0.2, 0.25) is 0 Å². The molecule has 0 atom stereocenters. The monoisotopic (exact) mass is 449 g/mol. The summed E-state index contributed by atoms with van der Waals surface area (Å²) in [6.45, 7) is 0.286. The molecule has 0 saturated carbocycles. The first-order chi connectivity index (χ1) is 15.6. The third-order valence-electron chi connectivity index (χ3n) is 4.79. The second-order valence-electron chi connectivity index (χ2n) is 6.83. The minimum Gasteiger partial charge on any atom is -0.493 e. The van der Waals surface area contributed by atoms with Crippen molar-refractivity contribution in [2.24, 2.45) is 0 Å². The Kier molecular flexibility index (Phi) is 6.47. The zero-order chi connectivity index (χ0) is 22.5. The van der Waals surface area contributed by atoms with Gasteiger partial charge in [-0.25, -0.2) is 9.37 Å². The Balaban J connectivity index is 1.42. The Hall–Kier alpha value is -3.71. The van der Waals surface area contributed by atoms with E-state index in [4.69, 9.17) is 14.2 Å². The van der Waals surface area contributed by atoms with Crippen LogP contribution in [0.25, 0.3) is 10.6 Å². The van der Waals surface area contributed by atoms with Gasteiger partial charge >= 0.3 is 0 Å². The van der Waals surface area contributed by atoms with Crippen LogP contribution in [-0.4, -0.2) is 25.0 Å². The van der Waals surface area contributed by atoms with E-state index in [0.29, 0.717) is 28.4 Å². The number of hydrogen-bond donors (Lipinski definition) is 0. The maximum absolute atomic E-state index is 13.1. The molecule has 0 aliphatic rings. The third-order valence-corrected chi connectivity index (χ3v) is 5.72. The van der Waals surface area contributed by atoms with Gasteiger partial charge in [-0.2, -0.15) is 0 Å². The summed E-state index contributed by atoms with van der Waals surface area (Å²) < 4.78 is 29.7. The van der Waals surface area contributed by atoms with E-state index in [1.807, 2.05) is 23.6 Å². The summed E-state index contributed by atoms with van der Waals surface area (Å²) in [6, 6.07) is 18.0. The second-order valence-corrected chi connectivity index (χ2v) is 7.69. The molecule has 7 heteroatoms. The van der Waals surface area contributed by atoms with Gasteiger partial charge in [0.25, 0.3) is 0 Å². The van der Waals surface area contributed by atoms with E-state index in [9.17, 15) is 9.18 Å². The lowest BCUT2D eigenvalue weighted by Crippen LogP contribution is -2.02. The molecule has 0 fully saturated rings. The number of ether oxygens (including phenoxy) is 3. The van der Waals surface area contributed by atoms with Gasteiger partial charge in [-0.1, -0.05) is 6.07 Å². The predicted octanol–water partition coefficient (Wildman–Crippen LogP) is 5.78. The summed E-state index contributed by atoms with van der Waals surface area (Å²) in [4.78, 5) is 17.1. The van der Waals surface area contributed by atoms with Crippen LogP contribution in [0.2, 0.25) is 0 Å². The van der Waals surface area contributed by atoms with Crippen LogP contribution in [-0.2, 0) is 6.61 Å². The van der Waals surface area contributed by atoms with Crippen LogP contribution in [0.3, 0.4) is 0 Å². The number of ketones is 1. The number of benzene rings is 3. The number of rotatable bonds is 8. The molecule has 1 heterocycles. The number of para-hydroxylation sites is 1. The molecule has 0 aliphatic heterocycles. The molecule has 1 aromatic heterocycles. The number of nitrogens with zero attached hydrogens (tertiary/aromatic N) is 1. The summed E-state index contributed by atoms with van der Waals surface area (Å²) in [5, 5.41) is 2.74. The fraction of sp³-hybridized carbons (Fsp3) is 0.120. The first kappa shape index (κ1) is 21.5. The van der Waals surface area contributed by atoms with Crippen molar-refractivity contribution in [3.63, 3.8) is 0 Å². The van der Waals surface area contributed by atoms with Crippen LogP contribution in [0, 0.1) is 5.82 Å². The minimum absolute atomic E-state index is 0.173. The van der Waals surface area contributed by atoms with Crippen molar-refractivity contribution in [2.45, 2.75) is 6.61 Å². The number of carbonyl (C=O) groups excluding carboxylic acids is 1. The van der Waals surface area contributed by atoms with Gasteiger partial charge in [-0.15, -0.1) is 11.3 Å². The SMILES string of the molecule is COc1cccc(-c2nc(COc3ccc(C(=O)c4ccc(F)cc4)cc3)cs2)c1OC. The molecule has 4 rings (SSSR count). The first-order valence-corrected chi connectivity index (χ1v) is 10.7. The van der Waals surface area contributed by atoms with Crippen LogP contribution in [0.15, 0.2) is 72.1 Å². The van der Waals surface area contributed by atoms with Crippen molar-refractivity contribution < 1.29 is 23.4 Å². The van der Waals surface area contributed by atoms with E-state index < -0.39 is 0 Å². The quantitative estimate of drug-likeness (QED) is 0.319. The van der Waals surface area contributed by atoms with Crippen molar-refractivity contribution in [3.8, 4) is 27.8 Å². The average molecular weight is 450 g/mol.